The van der Waals surface area contributed by atoms with Gasteiger partial charge in [-0.3, -0.25) is 14.9 Å². The highest BCUT2D eigenvalue weighted by molar-refractivity contribution is 6.32. The van der Waals surface area contributed by atoms with Gasteiger partial charge in [0.15, 0.2) is 6.10 Å². The maximum atomic E-state index is 12.1. The lowest BCUT2D eigenvalue weighted by Gasteiger charge is -2.13. The number of halogens is 1. The molecule has 25 heavy (non-hydrogen) atoms. The standard InChI is InChI=1S/C17H15ClN2O5/c1-10-3-6-13(7-4-10)19-16(21)11(2)25-17(22)12-5-8-14(18)15(9-12)20(23)24/h3-9,11H,1-2H3,(H,19,21)/t11-/m0/s1. The van der Waals surface area contributed by atoms with Crippen LogP contribution in [0, 0.1) is 17.0 Å². The van der Waals surface area contributed by atoms with Crippen molar-refractivity contribution in [2.45, 2.75) is 20.0 Å². The van der Waals surface area contributed by atoms with Crippen molar-refractivity contribution in [1.82, 2.24) is 0 Å². The van der Waals surface area contributed by atoms with Crippen LogP contribution in [0.25, 0.3) is 0 Å². The number of carbonyl (C=O) groups is 2. The first kappa shape index (κ1) is 18.4. The number of aryl methyl sites for hydroxylation is 1. The highest BCUT2D eigenvalue weighted by Gasteiger charge is 2.22. The first-order chi connectivity index (χ1) is 11.8. The molecule has 7 nitrogen and oxygen atoms in total. The average Bonchev–Trinajstić information content (AvgIpc) is 2.56. The number of nitrogens with one attached hydrogen (secondary N) is 1. The number of esters is 1. The fourth-order valence-corrected chi connectivity index (χ4v) is 2.13. The Hall–Kier alpha value is -2.93. The second-order valence-corrected chi connectivity index (χ2v) is 5.73. The Morgan fingerprint density at radius 1 is 1.20 bits per heavy atom. The van der Waals surface area contributed by atoms with E-state index >= 15 is 0 Å². The SMILES string of the molecule is Cc1ccc(NC(=O)[C@H](C)OC(=O)c2ccc(Cl)c([N+](=O)[O-])c2)cc1. The normalized spacial score (nSPS) is 11.5. The monoisotopic (exact) mass is 362 g/mol. The molecule has 0 aliphatic heterocycles. The number of rotatable bonds is 5. The fraction of sp³-hybridized carbons (Fsp3) is 0.176. The fourth-order valence-electron chi connectivity index (χ4n) is 1.94. The molecule has 0 aliphatic carbocycles. The van der Waals surface area contributed by atoms with Crippen molar-refractivity contribution in [2.75, 3.05) is 5.32 Å². The van der Waals surface area contributed by atoms with E-state index in [2.05, 4.69) is 5.32 Å². The smallest absolute Gasteiger partial charge is 0.339 e. The van der Waals surface area contributed by atoms with Crippen LogP contribution in [0.1, 0.15) is 22.8 Å². The van der Waals surface area contributed by atoms with Gasteiger partial charge in [-0.15, -0.1) is 0 Å². The molecule has 0 unspecified atom stereocenters. The lowest BCUT2D eigenvalue weighted by atomic mass is 10.2. The van der Waals surface area contributed by atoms with Gasteiger partial charge in [0.1, 0.15) is 5.02 Å². The Kier molecular flexibility index (Phi) is 5.71. The molecule has 0 saturated heterocycles. The number of nitro benzene ring substituents is 1. The third-order valence-electron chi connectivity index (χ3n) is 3.35. The van der Waals surface area contributed by atoms with E-state index in [1.54, 1.807) is 12.1 Å². The maximum Gasteiger partial charge on any atom is 0.339 e. The van der Waals surface area contributed by atoms with Gasteiger partial charge in [-0.25, -0.2) is 4.79 Å². The number of benzene rings is 2. The summed E-state index contributed by atoms with van der Waals surface area (Å²) in [4.78, 5) is 34.3. The number of anilines is 1. The van der Waals surface area contributed by atoms with Crippen LogP contribution < -0.4 is 5.32 Å². The van der Waals surface area contributed by atoms with Crippen LogP contribution in [0.3, 0.4) is 0 Å². The van der Waals surface area contributed by atoms with Crippen LogP contribution in [-0.4, -0.2) is 22.9 Å². The van der Waals surface area contributed by atoms with Gasteiger partial charge in [-0.1, -0.05) is 29.3 Å². The number of hydrogen-bond donors (Lipinski definition) is 1. The summed E-state index contributed by atoms with van der Waals surface area (Å²) in [6, 6.07) is 10.7. The number of hydrogen-bond acceptors (Lipinski definition) is 5. The Bertz CT molecular complexity index is 820. The number of amides is 1. The van der Waals surface area contributed by atoms with Gasteiger partial charge in [0, 0.05) is 11.8 Å². The van der Waals surface area contributed by atoms with Crippen molar-refractivity contribution >= 4 is 34.9 Å². The van der Waals surface area contributed by atoms with E-state index in [-0.39, 0.29) is 10.6 Å². The molecule has 1 atom stereocenters. The highest BCUT2D eigenvalue weighted by atomic mass is 35.5. The van der Waals surface area contributed by atoms with E-state index in [1.165, 1.54) is 19.1 Å². The lowest BCUT2D eigenvalue weighted by molar-refractivity contribution is -0.384. The van der Waals surface area contributed by atoms with E-state index in [1.807, 2.05) is 19.1 Å². The zero-order chi connectivity index (χ0) is 18.6. The minimum Gasteiger partial charge on any atom is -0.449 e. The van der Waals surface area contributed by atoms with Crippen LogP contribution in [0.5, 0.6) is 0 Å². The summed E-state index contributed by atoms with van der Waals surface area (Å²) < 4.78 is 5.05. The number of carbonyl (C=O) groups excluding carboxylic acids is 2. The van der Waals surface area contributed by atoms with Crippen molar-refractivity contribution in [1.29, 1.82) is 0 Å². The van der Waals surface area contributed by atoms with Gasteiger partial charge in [-0.05, 0) is 38.1 Å². The van der Waals surface area contributed by atoms with Crippen molar-refractivity contribution in [3.63, 3.8) is 0 Å². The number of nitro groups is 1. The first-order valence-corrected chi connectivity index (χ1v) is 7.68. The summed E-state index contributed by atoms with van der Waals surface area (Å²) in [5.74, 6) is -1.37. The lowest BCUT2D eigenvalue weighted by Crippen LogP contribution is -2.30. The largest absolute Gasteiger partial charge is 0.449 e. The molecule has 0 heterocycles. The van der Waals surface area contributed by atoms with E-state index < -0.39 is 28.6 Å². The average molecular weight is 363 g/mol. The van der Waals surface area contributed by atoms with Gasteiger partial charge in [0.05, 0.1) is 10.5 Å². The van der Waals surface area contributed by atoms with Crippen molar-refractivity contribution in [3.8, 4) is 0 Å². The Morgan fingerprint density at radius 3 is 2.44 bits per heavy atom. The molecule has 0 fully saturated rings. The summed E-state index contributed by atoms with van der Waals surface area (Å²) in [5, 5.41) is 13.4. The molecule has 130 valence electrons. The predicted molar refractivity (Wildman–Crippen MR) is 92.8 cm³/mol. The molecule has 1 amide bonds. The van der Waals surface area contributed by atoms with E-state index in [4.69, 9.17) is 16.3 Å². The Morgan fingerprint density at radius 2 is 1.84 bits per heavy atom. The van der Waals surface area contributed by atoms with Crippen LogP contribution >= 0.6 is 11.6 Å². The molecule has 0 aromatic heterocycles. The summed E-state index contributed by atoms with van der Waals surface area (Å²) >= 11 is 5.70. The molecule has 2 aromatic rings. The minimum atomic E-state index is -1.08. The molecular formula is C17H15ClN2O5. The molecule has 0 spiro atoms. The number of ether oxygens (including phenoxy) is 1. The third-order valence-corrected chi connectivity index (χ3v) is 3.67. The molecule has 0 saturated carbocycles. The highest BCUT2D eigenvalue weighted by Crippen LogP contribution is 2.25. The second kappa shape index (κ2) is 7.76. The van der Waals surface area contributed by atoms with E-state index in [0.717, 1.165) is 11.6 Å². The molecule has 0 aliphatic rings. The van der Waals surface area contributed by atoms with Gasteiger partial charge in [-0.2, -0.15) is 0 Å². The van der Waals surface area contributed by atoms with Crippen LogP contribution in [0.4, 0.5) is 11.4 Å². The second-order valence-electron chi connectivity index (χ2n) is 5.33. The van der Waals surface area contributed by atoms with E-state index in [9.17, 15) is 19.7 Å². The van der Waals surface area contributed by atoms with Crippen molar-refractivity contribution in [2.24, 2.45) is 0 Å². The third kappa shape index (κ3) is 4.77. The topological polar surface area (TPSA) is 98.5 Å². The van der Waals surface area contributed by atoms with Gasteiger partial charge in [0.2, 0.25) is 0 Å². The summed E-state index contributed by atoms with van der Waals surface area (Å²) in [5.41, 5.74) is 1.14. The molecule has 2 rings (SSSR count). The number of nitrogens with zero attached hydrogens (tertiary/aromatic N) is 1. The minimum absolute atomic E-state index is 0.0638. The zero-order valence-corrected chi connectivity index (χ0v) is 14.2. The predicted octanol–water partition coefficient (Wildman–Crippen LogP) is 3.74. The van der Waals surface area contributed by atoms with Gasteiger partial charge in [0.25, 0.3) is 11.6 Å². The molecule has 2 aromatic carbocycles. The molecule has 0 radical (unpaired) electrons. The quantitative estimate of drug-likeness (QED) is 0.496. The molecule has 1 N–H and O–H groups in total. The van der Waals surface area contributed by atoms with Crippen LogP contribution in [0.2, 0.25) is 5.02 Å². The Balaban J connectivity index is 2.04. The van der Waals surface area contributed by atoms with Crippen LogP contribution in [-0.2, 0) is 9.53 Å². The molecule has 8 heteroatoms. The molecular weight excluding hydrogens is 348 g/mol. The van der Waals surface area contributed by atoms with Gasteiger partial charge >= 0.3 is 5.97 Å². The summed E-state index contributed by atoms with van der Waals surface area (Å²) in [6.45, 7) is 3.33. The summed E-state index contributed by atoms with van der Waals surface area (Å²) in [7, 11) is 0. The van der Waals surface area contributed by atoms with Crippen molar-refractivity contribution < 1.29 is 19.2 Å². The first-order valence-electron chi connectivity index (χ1n) is 7.30. The maximum absolute atomic E-state index is 12.1. The van der Waals surface area contributed by atoms with Crippen molar-refractivity contribution in [3.05, 3.63) is 68.7 Å². The summed E-state index contributed by atoms with van der Waals surface area (Å²) in [6.07, 6.45) is -1.08. The Labute approximate surface area is 148 Å². The van der Waals surface area contributed by atoms with E-state index in [0.29, 0.717) is 5.69 Å². The van der Waals surface area contributed by atoms with Gasteiger partial charge < -0.3 is 10.1 Å². The molecule has 0 bridgehead atoms. The van der Waals surface area contributed by atoms with Crippen LogP contribution in [0.15, 0.2) is 42.5 Å². The zero-order valence-electron chi connectivity index (χ0n) is 13.5.